The number of nitrogens with zero attached hydrogens (tertiary/aromatic N) is 2. The summed E-state index contributed by atoms with van der Waals surface area (Å²) in [5.41, 5.74) is 1.26. The molecule has 0 saturated carbocycles. The Morgan fingerprint density at radius 1 is 1.25 bits per heavy atom. The molecule has 1 aliphatic heterocycles. The number of hydrogen-bond donors (Lipinski definition) is 1. The number of nitrogens with one attached hydrogen (secondary N) is 1. The summed E-state index contributed by atoms with van der Waals surface area (Å²) < 4.78 is 2.16. The largest absolute Gasteiger partial charge is 0.317 e. The van der Waals surface area contributed by atoms with Crippen LogP contribution in [0.1, 0.15) is 12.8 Å². The van der Waals surface area contributed by atoms with Gasteiger partial charge in [-0.3, -0.25) is 4.68 Å². The minimum absolute atomic E-state index is 0.782. The van der Waals surface area contributed by atoms with Gasteiger partial charge in [0.15, 0.2) is 0 Å². The predicted octanol–water partition coefficient (Wildman–Crippen LogP) is 2.04. The van der Waals surface area contributed by atoms with Crippen molar-refractivity contribution in [2.75, 3.05) is 13.1 Å². The maximum atomic E-state index is 4.49. The zero-order valence-corrected chi connectivity index (χ0v) is 9.39. The van der Waals surface area contributed by atoms with Gasteiger partial charge in [-0.15, -0.1) is 0 Å². The predicted molar refractivity (Wildman–Crippen MR) is 65.3 cm³/mol. The number of piperidine rings is 1. The smallest absolute Gasteiger partial charge is 0.0682 e. The van der Waals surface area contributed by atoms with E-state index in [0.29, 0.717) is 0 Å². The third kappa shape index (κ3) is 1.83. The molecule has 1 fully saturated rings. The molecule has 1 N–H and O–H groups in total. The Kier molecular flexibility index (Phi) is 2.62. The average molecular weight is 215 g/mol. The van der Waals surface area contributed by atoms with E-state index in [1.54, 1.807) is 0 Å². The normalized spacial score (nSPS) is 18.0. The van der Waals surface area contributed by atoms with Gasteiger partial charge in [0.2, 0.25) is 0 Å². The molecular formula is C13H17N3. The number of fused-ring (bicyclic) bond motifs is 1. The lowest BCUT2D eigenvalue weighted by Crippen LogP contribution is -2.30. The number of hydrogen-bond acceptors (Lipinski definition) is 2. The second-order valence-electron chi connectivity index (χ2n) is 4.58. The summed E-state index contributed by atoms with van der Waals surface area (Å²) in [4.78, 5) is 0. The van der Waals surface area contributed by atoms with Gasteiger partial charge in [-0.05, 0) is 37.9 Å². The van der Waals surface area contributed by atoms with Crippen molar-refractivity contribution in [1.29, 1.82) is 0 Å². The monoisotopic (exact) mass is 215 g/mol. The molecule has 1 aliphatic rings. The maximum absolute atomic E-state index is 4.49. The van der Waals surface area contributed by atoms with E-state index in [0.717, 1.165) is 25.6 Å². The van der Waals surface area contributed by atoms with E-state index >= 15 is 0 Å². The third-order valence-electron chi connectivity index (χ3n) is 3.44. The van der Waals surface area contributed by atoms with Crippen LogP contribution in [0.3, 0.4) is 0 Å². The van der Waals surface area contributed by atoms with Gasteiger partial charge in [-0.25, -0.2) is 0 Å². The summed E-state index contributed by atoms with van der Waals surface area (Å²) in [6.07, 6.45) is 4.51. The molecule has 0 amide bonds. The molecule has 3 heteroatoms. The van der Waals surface area contributed by atoms with Crippen molar-refractivity contribution in [3.8, 4) is 0 Å². The fraction of sp³-hybridized carbons (Fsp3) is 0.462. The van der Waals surface area contributed by atoms with Gasteiger partial charge in [0.1, 0.15) is 0 Å². The van der Waals surface area contributed by atoms with Gasteiger partial charge >= 0.3 is 0 Å². The van der Waals surface area contributed by atoms with Crippen molar-refractivity contribution >= 4 is 10.9 Å². The average Bonchev–Trinajstić information content (AvgIpc) is 2.74. The zero-order valence-electron chi connectivity index (χ0n) is 9.39. The van der Waals surface area contributed by atoms with E-state index in [2.05, 4.69) is 39.4 Å². The van der Waals surface area contributed by atoms with Crippen molar-refractivity contribution < 1.29 is 0 Å². The fourth-order valence-electron chi connectivity index (χ4n) is 2.48. The number of benzene rings is 1. The lowest BCUT2D eigenvalue weighted by atomic mass is 9.98. The number of aromatic nitrogens is 2. The van der Waals surface area contributed by atoms with E-state index in [-0.39, 0.29) is 0 Å². The van der Waals surface area contributed by atoms with Crippen LogP contribution in [-0.4, -0.2) is 22.9 Å². The minimum atomic E-state index is 0.782. The molecule has 3 nitrogen and oxygen atoms in total. The molecule has 0 spiro atoms. The Hall–Kier alpha value is -1.35. The van der Waals surface area contributed by atoms with Crippen molar-refractivity contribution in [1.82, 2.24) is 15.1 Å². The molecule has 1 aromatic heterocycles. The standard InChI is InChI=1S/C13H17N3/c1-2-4-13-12(3-1)9-15-16(13)10-11-5-7-14-8-6-11/h1-4,9,11,14H,5-8,10H2. The molecule has 2 aromatic rings. The summed E-state index contributed by atoms with van der Waals surface area (Å²) in [6.45, 7) is 3.38. The highest BCUT2D eigenvalue weighted by atomic mass is 15.3. The summed E-state index contributed by atoms with van der Waals surface area (Å²) in [6, 6.07) is 8.44. The van der Waals surface area contributed by atoms with Crippen LogP contribution in [-0.2, 0) is 6.54 Å². The third-order valence-corrected chi connectivity index (χ3v) is 3.44. The van der Waals surface area contributed by atoms with Crippen LogP contribution in [0, 0.1) is 5.92 Å². The molecule has 84 valence electrons. The van der Waals surface area contributed by atoms with Gasteiger partial charge in [0, 0.05) is 11.9 Å². The Labute approximate surface area is 95.5 Å². The second-order valence-corrected chi connectivity index (χ2v) is 4.58. The molecular weight excluding hydrogens is 198 g/mol. The molecule has 3 rings (SSSR count). The highest BCUT2D eigenvalue weighted by Crippen LogP contribution is 2.18. The van der Waals surface area contributed by atoms with Crippen molar-refractivity contribution in [2.24, 2.45) is 5.92 Å². The van der Waals surface area contributed by atoms with Gasteiger partial charge in [-0.1, -0.05) is 18.2 Å². The molecule has 0 atom stereocenters. The van der Waals surface area contributed by atoms with Gasteiger partial charge in [-0.2, -0.15) is 5.10 Å². The summed E-state index contributed by atoms with van der Waals surface area (Å²) in [5, 5.41) is 9.13. The lowest BCUT2D eigenvalue weighted by Gasteiger charge is -2.22. The summed E-state index contributed by atoms with van der Waals surface area (Å²) in [7, 11) is 0. The number of rotatable bonds is 2. The molecule has 16 heavy (non-hydrogen) atoms. The van der Waals surface area contributed by atoms with Crippen LogP contribution in [0.4, 0.5) is 0 Å². The Morgan fingerprint density at radius 2 is 2.06 bits per heavy atom. The quantitative estimate of drug-likeness (QED) is 0.830. The summed E-state index contributed by atoms with van der Waals surface area (Å²) >= 11 is 0. The Morgan fingerprint density at radius 3 is 2.94 bits per heavy atom. The topological polar surface area (TPSA) is 29.9 Å². The highest BCUT2D eigenvalue weighted by molar-refractivity contribution is 5.78. The van der Waals surface area contributed by atoms with E-state index < -0.39 is 0 Å². The second kappa shape index (κ2) is 4.26. The molecule has 1 aromatic carbocycles. The first-order valence-electron chi connectivity index (χ1n) is 6.05. The van der Waals surface area contributed by atoms with Crippen LogP contribution >= 0.6 is 0 Å². The number of para-hydroxylation sites is 1. The van der Waals surface area contributed by atoms with Crippen molar-refractivity contribution in [3.05, 3.63) is 30.5 Å². The van der Waals surface area contributed by atoms with Crippen LogP contribution in [0.5, 0.6) is 0 Å². The maximum Gasteiger partial charge on any atom is 0.0682 e. The molecule has 0 unspecified atom stereocenters. The van der Waals surface area contributed by atoms with Crippen molar-refractivity contribution in [2.45, 2.75) is 19.4 Å². The minimum Gasteiger partial charge on any atom is -0.317 e. The first kappa shape index (κ1) is 9.85. The molecule has 1 saturated heterocycles. The first-order valence-corrected chi connectivity index (χ1v) is 6.05. The molecule has 2 heterocycles. The van der Waals surface area contributed by atoms with Crippen LogP contribution in [0.2, 0.25) is 0 Å². The van der Waals surface area contributed by atoms with Crippen LogP contribution in [0.15, 0.2) is 30.5 Å². The van der Waals surface area contributed by atoms with E-state index in [9.17, 15) is 0 Å². The fourth-order valence-corrected chi connectivity index (χ4v) is 2.48. The highest BCUT2D eigenvalue weighted by Gasteiger charge is 2.14. The van der Waals surface area contributed by atoms with E-state index in [1.165, 1.54) is 23.7 Å². The lowest BCUT2D eigenvalue weighted by molar-refractivity contribution is 0.325. The van der Waals surface area contributed by atoms with Crippen LogP contribution in [0.25, 0.3) is 10.9 Å². The molecule has 0 aliphatic carbocycles. The van der Waals surface area contributed by atoms with Gasteiger partial charge < -0.3 is 5.32 Å². The first-order chi connectivity index (χ1) is 7.93. The van der Waals surface area contributed by atoms with Gasteiger partial charge in [0.05, 0.1) is 11.7 Å². The van der Waals surface area contributed by atoms with Crippen molar-refractivity contribution in [3.63, 3.8) is 0 Å². The van der Waals surface area contributed by atoms with E-state index in [4.69, 9.17) is 0 Å². The summed E-state index contributed by atoms with van der Waals surface area (Å²) in [5.74, 6) is 0.782. The van der Waals surface area contributed by atoms with Crippen LogP contribution < -0.4 is 5.32 Å². The zero-order chi connectivity index (χ0) is 10.8. The molecule has 0 bridgehead atoms. The Balaban J connectivity index is 1.83. The Bertz CT molecular complexity index is 469. The van der Waals surface area contributed by atoms with Gasteiger partial charge in [0.25, 0.3) is 0 Å². The van der Waals surface area contributed by atoms with E-state index in [1.807, 2.05) is 6.20 Å². The molecule has 0 radical (unpaired) electrons. The SMILES string of the molecule is c1ccc2c(c1)cnn2CC1CCNCC1.